The number of methoxy groups -OCH3 is 1. The van der Waals surface area contributed by atoms with Gasteiger partial charge in [0.15, 0.2) is 18.1 Å². The molecule has 5 nitrogen and oxygen atoms in total. The number of nitrogens with one attached hydrogen (secondary N) is 2. The van der Waals surface area contributed by atoms with Crippen molar-refractivity contribution in [2.75, 3.05) is 19.0 Å². The Hall–Kier alpha value is -2.05. The summed E-state index contributed by atoms with van der Waals surface area (Å²) >= 11 is 3.63. The molecule has 0 atom stereocenters. The molecule has 6 rings (SSSR count). The number of carbonyl (C=O) groups is 1. The van der Waals surface area contributed by atoms with Crippen LogP contribution in [0.5, 0.6) is 11.5 Å². The van der Waals surface area contributed by atoms with Crippen molar-refractivity contribution in [3.05, 3.63) is 52.0 Å². The molecule has 4 aliphatic rings. The van der Waals surface area contributed by atoms with Crippen LogP contribution in [0.3, 0.4) is 0 Å². The minimum Gasteiger partial charge on any atom is -0.493 e. The molecule has 2 N–H and O–H groups in total. The van der Waals surface area contributed by atoms with E-state index in [1.54, 1.807) is 7.11 Å². The predicted molar refractivity (Wildman–Crippen MR) is 134 cm³/mol. The van der Waals surface area contributed by atoms with Crippen molar-refractivity contribution in [3.8, 4) is 11.5 Å². The Morgan fingerprint density at radius 2 is 1.70 bits per heavy atom. The molecule has 0 heterocycles. The number of benzene rings is 2. The summed E-state index contributed by atoms with van der Waals surface area (Å²) in [4.78, 5) is 12.3. The van der Waals surface area contributed by atoms with Gasteiger partial charge in [-0.25, -0.2) is 0 Å². The predicted octanol–water partition coefficient (Wildman–Crippen LogP) is 5.70. The van der Waals surface area contributed by atoms with E-state index in [0.717, 1.165) is 51.5 Å². The summed E-state index contributed by atoms with van der Waals surface area (Å²) in [6.07, 6.45) is 7.13. The van der Waals surface area contributed by atoms with Crippen LogP contribution in [0.25, 0.3) is 0 Å². The van der Waals surface area contributed by atoms with Gasteiger partial charge >= 0.3 is 0 Å². The van der Waals surface area contributed by atoms with Crippen molar-refractivity contribution in [2.45, 2.75) is 51.6 Å². The second-order valence-corrected chi connectivity index (χ2v) is 11.0. The standard InChI is InChI=1S/C27H33BrN2O3/c1-16-3-5-22(6-4-16)30-25(31)15-33-27-23(28)12-19(13-24(27)32-2)14-29-26-20-8-17-7-18(10-20)11-21(26)9-17/h3-6,12-13,17-18,20-21,26,29H,7-11,14-15H2,1-2H3,(H,30,31). The van der Waals surface area contributed by atoms with Gasteiger partial charge in [0.1, 0.15) is 0 Å². The fourth-order valence-electron chi connectivity index (χ4n) is 6.48. The molecule has 0 saturated heterocycles. The van der Waals surface area contributed by atoms with E-state index in [1.807, 2.05) is 37.3 Å². The van der Waals surface area contributed by atoms with Gasteiger partial charge in [0, 0.05) is 18.3 Å². The number of anilines is 1. The zero-order valence-corrected chi connectivity index (χ0v) is 21.0. The first-order chi connectivity index (χ1) is 16.0. The van der Waals surface area contributed by atoms with Crippen molar-refractivity contribution < 1.29 is 14.3 Å². The van der Waals surface area contributed by atoms with Crippen LogP contribution in [0.1, 0.15) is 43.2 Å². The lowest BCUT2D eigenvalue weighted by Gasteiger charge is -2.54. The lowest BCUT2D eigenvalue weighted by Crippen LogP contribution is -2.54. The summed E-state index contributed by atoms with van der Waals surface area (Å²) in [7, 11) is 1.63. The largest absolute Gasteiger partial charge is 0.493 e. The molecule has 0 aliphatic heterocycles. The summed E-state index contributed by atoms with van der Waals surface area (Å²) < 4.78 is 12.2. The van der Waals surface area contributed by atoms with E-state index in [2.05, 4.69) is 32.6 Å². The average Bonchev–Trinajstić information content (AvgIpc) is 2.78. The lowest BCUT2D eigenvalue weighted by atomic mass is 9.54. The molecular formula is C27H33BrN2O3. The van der Waals surface area contributed by atoms with Gasteiger partial charge in [0.05, 0.1) is 11.6 Å². The van der Waals surface area contributed by atoms with Crippen LogP contribution >= 0.6 is 15.9 Å². The molecule has 176 valence electrons. The van der Waals surface area contributed by atoms with E-state index in [4.69, 9.17) is 9.47 Å². The number of halogens is 1. The monoisotopic (exact) mass is 512 g/mol. The molecule has 33 heavy (non-hydrogen) atoms. The van der Waals surface area contributed by atoms with Crippen LogP contribution in [0.15, 0.2) is 40.9 Å². The Kier molecular flexibility index (Phi) is 6.66. The van der Waals surface area contributed by atoms with E-state index in [9.17, 15) is 4.79 Å². The molecule has 0 aromatic heterocycles. The van der Waals surface area contributed by atoms with Gasteiger partial charge in [-0.05, 0) is 108 Å². The summed E-state index contributed by atoms with van der Waals surface area (Å²) in [5.41, 5.74) is 3.06. The number of ether oxygens (including phenoxy) is 2. The van der Waals surface area contributed by atoms with Gasteiger partial charge in [0.25, 0.3) is 5.91 Å². The Morgan fingerprint density at radius 1 is 1.03 bits per heavy atom. The number of amides is 1. The summed E-state index contributed by atoms with van der Waals surface area (Å²) in [6, 6.07) is 12.4. The van der Waals surface area contributed by atoms with Crippen LogP contribution < -0.4 is 20.1 Å². The SMILES string of the molecule is COc1cc(CNC2C3CC4CC(C3)CC2C4)cc(Br)c1OCC(=O)Nc1ccc(C)cc1. The van der Waals surface area contributed by atoms with Crippen LogP contribution in [-0.2, 0) is 11.3 Å². The zero-order valence-electron chi connectivity index (χ0n) is 19.4. The smallest absolute Gasteiger partial charge is 0.262 e. The highest BCUT2D eigenvalue weighted by atomic mass is 79.9. The number of aryl methyl sites for hydroxylation is 1. The third kappa shape index (κ3) is 5.07. The maximum atomic E-state index is 12.3. The van der Waals surface area contributed by atoms with Crippen molar-refractivity contribution in [3.63, 3.8) is 0 Å². The highest BCUT2D eigenvalue weighted by Crippen LogP contribution is 2.53. The van der Waals surface area contributed by atoms with E-state index in [0.29, 0.717) is 17.5 Å². The van der Waals surface area contributed by atoms with Crippen LogP contribution in [0, 0.1) is 30.6 Å². The normalized spacial score (nSPS) is 27.4. The molecule has 1 amide bonds. The van der Waals surface area contributed by atoms with E-state index in [1.165, 1.54) is 32.1 Å². The number of carbonyl (C=O) groups excluding carboxylic acids is 1. The zero-order chi connectivity index (χ0) is 22.9. The van der Waals surface area contributed by atoms with E-state index < -0.39 is 0 Å². The third-order valence-corrected chi connectivity index (χ3v) is 8.33. The van der Waals surface area contributed by atoms with Gasteiger partial charge in [0.2, 0.25) is 0 Å². The van der Waals surface area contributed by atoms with Crippen LogP contribution in [-0.4, -0.2) is 25.7 Å². The molecule has 0 spiro atoms. The number of hydrogen-bond donors (Lipinski definition) is 2. The fourth-order valence-corrected chi connectivity index (χ4v) is 7.09. The highest BCUT2D eigenvalue weighted by molar-refractivity contribution is 9.10. The van der Waals surface area contributed by atoms with Gasteiger partial charge in [-0.3, -0.25) is 4.79 Å². The Morgan fingerprint density at radius 3 is 2.33 bits per heavy atom. The number of rotatable bonds is 8. The first kappa shape index (κ1) is 22.7. The molecule has 4 saturated carbocycles. The Bertz CT molecular complexity index is 979. The molecule has 6 heteroatoms. The van der Waals surface area contributed by atoms with Crippen LogP contribution in [0.2, 0.25) is 0 Å². The fraction of sp³-hybridized carbons (Fsp3) is 0.519. The Balaban J connectivity index is 1.19. The summed E-state index contributed by atoms with van der Waals surface area (Å²) in [5.74, 6) is 4.64. The molecule has 2 aromatic carbocycles. The maximum absolute atomic E-state index is 12.3. The molecule has 4 bridgehead atoms. The highest BCUT2D eigenvalue weighted by Gasteiger charge is 2.47. The second kappa shape index (κ2) is 9.67. The van der Waals surface area contributed by atoms with Crippen molar-refractivity contribution >= 4 is 27.5 Å². The van der Waals surface area contributed by atoms with Crippen molar-refractivity contribution in [1.29, 1.82) is 0 Å². The molecule has 0 radical (unpaired) electrons. The van der Waals surface area contributed by atoms with E-state index in [-0.39, 0.29) is 12.5 Å². The van der Waals surface area contributed by atoms with Gasteiger partial charge in [-0.2, -0.15) is 0 Å². The topological polar surface area (TPSA) is 59.6 Å². The first-order valence-corrected chi connectivity index (χ1v) is 12.9. The minimum atomic E-state index is -0.208. The molecule has 2 aromatic rings. The first-order valence-electron chi connectivity index (χ1n) is 12.1. The Labute approximate surface area is 204 Å². The van der Waals surface area contributed by atoms with Crippen molar-refractivity contribution in [2.24, 2.45) is 23.7 Å². The van der Waals surface area contributed by atoms with Gasteiger partial charge in [-0.1, -0.05) is 17.7 Å². The lowest BCUT2D eigenvalue weighted by molar-refractivity contribution is -0.118. The molecule has 0 unspecified atom stereocenters. The summed E-state index contributed by atoms with van der Waals surface area (Å²) in [5, 5.41) is 6.74. The quantitative estimate of drug-likeness (QED) is 0.476. The van der Waals surface area contributed by atoms with Crippen LogP contribution in [0.4, 0.5) is 5.69 Å². The maximum Gasteiger partial charge on any atom is 0.262 e. The van der Waals surface area contributed by atoms with Gasteiger partial charge in [-0.15, -0.1) is 0 Å². The van der Waals surface area contributed by atoms with Gasteiger partial charge < -0.3 is 20.1 Å². The molecule has 4 aliphatic carbocycles. The molecular weight excluding hydrogens is 480 g/mol. The van der Waals surface area contributed by atoms with E-state index >= 15 is 0 Å². The summed E-state index contributed by atoms with van der Waals surface area (Å²) in [6.45, 7) is 2.74. The number of hydrogen-bond acceptors (Lipinski definition) is 4. The average molecular weight is 513 g/mol. The minimum absolute atomic E-state index is 0.0891. The second-order valence-electron chi connectivity index (χ2n) is 10.1. The molecule has 4 fully saturated rings. The van der Waals surface area contributed by atoms with Crippen molar-refractivity contribution in [1.82, 2.24) is 5.32 Å². The third-order valence-electron chi connectivity index (χ3n) is 7.74.